The highest BCUT2D eigenvalue weighted by molar-refractivity contribution is 5.78. The second kappa shape index (κ2) is 3.46. The monoisotopic (exact) mass is 164 g/mol. The van der Waals surface area contributed by atoms with Crippen molar-refractivity contribution in [3.8, 4) is 0 Å². The van der Waals surface area contributed by atoms with Gasteiger partial charge < -0.3 is 4.74 Å². The normalized spacial score (nSPS) is 10.9. The third-order valence-electron chi connectivity index (χ3n) is 0.845. The minimum absolute atomic E-state index is 0.577. The largest absolute Gasteiger partial charge is 0.456 e. The lowest BCUT2D eigenvalue weighted by molar-refractivity contribution is -0.154. The Morgan fingerprint density at radius 1 is 1.64 bits per heavy atom. The first kappa shape index (κ1) is 10.1. The number of carbonyl (C=O) groups excluding carboxylic acids is 1. The first-order chi connectivity index (χ1) is 4.84. The van der Waals surface area contributed by atoms with Crippen molar-refractivity contribution in [3.63, 3.8) is 0 Å². The van der Waals surface area contributed by atoms with Crippen molar-refractivity contribution >= 4 is 5.97 Å². The average molecular weight is 164 g/mol. The van der Waals surface area contributed by atoms with Gasteiger partial charge in [0.15, 0.2) is 0 Å². The lowest BCUT2D eigenvalue weighted by Crippen LogP contribution is -2.28. The minimum atomic E-state index is -2.07. The van der Waals surface area contributed by atoms with Crippen LogP contribution in [-0.4, -0.2) is 18.2 Å². The van der Waals surface area contributed by atoms with Gasteiger partial charge in [-0.25, -0.2) is 13.6 Å². The van der Waals surface area contributed by atoms with E-state index in [1.54, 1.807) is 0 Å². The van der Waals surface area contributed by atoms with Gasteiger partial charge in [-0.15, -0.1) is 0 Å². The second-order valence-electron chi connectivity index (χ2n) is 2.57. The van der Waals surface area contributed by atoms with Crippen LogP contribution < -0.4 is 0 Å². The summed E-state index contributed by atoms with van der Waals surface area (Å²) in [4.78, 5) is 10.6. The Balaban J connectivity index is 3.80. The molecule has 0 bridgehead atoms. The van der Waals surface area contributed by atoms with Crippen LogP contribution in [0.15, 0.2) is 12.4 Å². The number of rotatable bonds is 3. The molecule has 0 aliphatic rings. The van der Waals surface area contributed by atoms with Crippen LogP contribution in [0.3, 0.4) is 0 Å². The van der Waals surface area contributed by atoms with Gasteiger partial charge in [0, 0.05) is 0 Å². The molecule has 4 heteroatoms. The van der Waals surface area contributed by atoms with Crippen LogP contribution in [0, 0.1) is 0 Å². The van der Waals surface area contributed by atoms with Gasteiger partial charge in [-0.2, -0.15) is 0 Å². The standard InChI is InChI=1S/C7H10F2O2/c1-5(8)4-11-6(10)7(2,3)9/h1,4H2,2-3H3. The molecule has 64 valence electrons. The Hall–Kier alpha value is -0.930. The van der Waals surface area contributed by atoms with E-state index in [2.05, 4.69) is 11.3 Å². The first-order valence-corrected chi connectivity index (χ1v) is 3.03. The maximum atomic E-state index is 12.6. The topological polar surface area (TPSA) is 26.3 Å². The summed E-state index contributed by atoms with van der Waals surface area (Å²) < 4.78 is 28.6. The molecule has 0 fully saturated rings. The molecular weight excluding hydrogens is 154 g/mol. The molecule has 2 nitrogen and oxygen atoms in total. The summed E-state index contributed by atoms with van der Waals surface area (Å²) in [6.07, 6.45) is 0. The third kappa shape index (κ3) is 4.47. The van der Waals surface area contributed by atoms with Gasteiger partial charge >= 0.3 is 5.97 Å². The fourth-order valence-corrected chi connectivity index (χ4v) is 0.315. The Morgan fingerprint density at radius 2 is 2.09 bits per heavy atom. The van der Waals surface area contributed by atoms with E-state index >= 15 is 0 Å². The molecule has 0 saturated heterocycles. The van der Waals surface area contributed by atoms with E-state index in [9.17, 15) is 13.6 Å². The Morgan fingerprint density at radius 3 is 2.36 bits per heavy atom. The Labute approximate surface area is 63.8 Å². The van der Waals surface area contributed by atoms with E-state index in [1.165, 1.54) is 0 Å². The van der Waals surface area contributed by atoms with E-state index in [0.29, 0.717) is 0 Å². The summed E-state index contributed by atoms with van der Waals surface area (Å²) in [5.41, 5.74) is -2.07. The molecule has 0 aliphatic carbocycles. The molecule has 0 atom stereocenters. The van der Waals surface area contributed by atoms with Crippen molar-refractivity contribution in [1.82, 2.24) is 0 Å². The van der Waals surface area contributed by atoms with E-state index in [0.717, 1.165) is 13.8 Å². The van der Waals surface area contributed by atoms with Gasteiger partial charge in [-0.3, -0.25) is 0 Å². The number of halogens is 2. The minimum Gasteiger partial charge on any atom is -0.456 e. The quantitative estimate of drug-likeness (QED) is 0.594. The van der Waals surface area contributed by atoms with Gasteiger partial charge in [0.1, 0.15) is 12.4 Å². The lowest BCUT2D eigenvalue weighted by Gasteiger charge is -2.11. The maximum Gasteiger partial charge on any atom is 0.343 e. The third-order valence-corrected chi connectivity index (χ3v) is 0.845. The van der Waals surface area contributed by atoms with Crippen molar-refractivity contribution in [2.45, 2.75) is 19.5 Å². The SMILES string of the molecule is C=C(F)COC(=O)C(C)(C)F. The zero-order valence-corrected chi connectivity index (χ0v) is 6.49. The van der Waals surface area contributed by atoms with Gasteiger partial charge in [0.05, 0.1) is 0 Å². The van der Waals surface area contributed by atoms with Crippen LogP contribution >= 0.6 is 0 Å². The molecule has 0 heterocycles. The highest BCUT2D eigenvalue weighted by Gasteiger charge is 2.28. The molecule has 0 N–H and O–H groups in total. The molecule has 0 aromatic carbocycles. The zero-order valence-electron chi connectivity index (χ0n) is 6.49. The van der Waals surface area contributed by atoms with Crippen LogP contribution in [0.5, 0.6) is 0 Å². The van der Waals surface area contributed by atoms with Crippen molar-refractivity contribution < 1.29 is 18.3 Å². The van der Waals surface area contributed by atoms with Crippen LogP contribution in [-0.2, 0) is 9.53 Å². The zero-order chi connectivity index (χ0) is 9.07. The number of carbonyl (C=O) groups is 1. The number of alkyl halides is 1. The molecule has 11 heavy (non-hydrogen) atoms. The molecule has 0 spiro atoms. The summed E-state index contributed by atoms with van der Waals surface area (Å²) in [5.74, 6) is -1.89. The molecule has 0 radical (unpaired) electrons. The van der Waals surface area contributed by atoms with Crippen LogP contribution in [0.2, 0.25) is 0 Å². The maximum absolute atomic E-state index is 12.6. The average Bonchev–Trinajstić information content (AvgIpc) is 1.80. The Bertz CT molecular complexity index is 170. The van der Waals surface area contributed by atoms with Gasteiger partial charge in [-0.05, 0) is 13.8 Å². The summed E-state index contributed by atoms with van der Waals surface area (Å²) in [5, 5.41) is 0. The summed E-state index contributed by atoms with van der Waals surface area (Å²) in [6.45, 7) is 4.34. The molecule has 0 saturated carbocycles. The van der Waals surface area contributed by atoms with Crippen LogP contribution in [0.1, 0.15) is 13.8 Å². The highest BCUT2D eigenvalue weighted by Crippen LogP contribution is 2.10. The van der Waals surface area contributed by atoms with Crippen LogP contribution in [0.25, 0.3) is 0 Å². The molecule has 0 aliphatic heterocycles. The van der Waals surface area contributed by atoms with Crippen molar-refractivity contribution in [1.29, 1.82) is 0 Å². The fourth-order valence-electron chi connectivity index (χ4n) is 0.315. The predicted molar refractivity (Wildman–Crippen MR) is 36.4 cm³/mol. The number of ether oxygens (including phenoxy) is 1. The van der Waals surface area contributed by atoms with Gasteiger partial charge in [-0.1, -0.05) is 6.58 Å². The number of esters is 1. The molecule has 0 aromatic rings. The smallest absolute Gasteiger partial charge is 0.343 e. The van der Waals surface area contributed by atoms with E-state index in [4.69, 9.17) is 0 Å². The predicted octanol–water partition coefficient (Wildman–Crippen LogP) is 1.76. The van der Waals surface area contributed by atoms with Gasteiger partial charge in [0.25, 0.3) is 0 Å². The number of hydrogen-bond donors (Lipinski definition) is 0. The van der Waals surface area contributed by atoms with E-state index < -0.39 is 24.1 Å². The lowest BCUT2D eigenvalue weighted by atomic mass is 10.2. The molecule has 0 rings (SSSR count). The first-order valence-electron chi connectivity index (χ1n) is 3.03. The van der Waals surface area contributed by atoms with Gasteiger partial charge in [0.2, 0.25) is 5.67 Å². The summed E-state index contributed by atoms with van der Waals surface area (Å²) in [7, 11) is 0. The van der Waals surface area contributed by atoms with Crippen molar-refractivity contribution in [2.24, 2.45) is 0 Å². The molecule has 0 amide bonds. The summed E-state index contributed by atoms with van der Waals surface area (Å²) in [6, 6.07) is 0. The van der Waals surface area contributed by atoms with Crippen molar-refractivity contribution in [3.05, 3.63) is 12.4 Å². The van der Waals surface area contributed by atoms with E-state index in [1.807, 2.05) is 0 Å². The summed E-state index contributed by atoms with van der Waals surface area (Å²) >= 11 is 0. The fraction of sp³-hybridized carbons (Fsp3) is 0.571. The second-order valence-corrected chi connectivity index (χ2v) is 2.57. The molecule has 0 aromatic heterocycles. The molecule has 0 unspecified atom stereocenters. The highest BCUT2D eigenvalue weighted by atomic mass is 19.1. The molecular formula is C7H10F2O2. The van der Waals surface area contributed by atoms with E-state index in [-0.39, 0.29) is 0 Å². The van der Waals surface area contributed by atoms with Crippen molar-refractivity contribution in [2.75, 3.05) is 6.61 Å². The number of hydrogen-bond acceptors (Lipinski definition) is 2. The van der Waals surface area contributed by atoms with Crippen LogP contribution in [0.4, 0.5) is 8.78 Å². The Kier molecular flexibility index (Phi) is 3.17.